The van der Waals surface area contributed by atoms with Crippen LogP contribution in [0.15, 0.2) is 24.3 Å². The minimum absolute atomic E-state index is 0.490. The minimum Gasteiger partial charge on any atom is -0.372 e. The molecule has 20 heavy (non-hydrogen) atoms. The van der Waals surface area contributed by atoms with E-state index in [1.165, 1.54) is 24.0 Å². The standard InChI is InChI=1S/C17H26N2O/c1-13(9-18-2)15-5-3-14(4-6-15)10-19-11-16-7-8-17(12-19)20-16/h3-6,13,16-18H,7-12H2,1-2H3. The van der Waals surface area contributed by atoms with Gasteiger partial charge in [-0.1, -0.05) is 31.2 Å². The van der Waals surface area contributed by atoms with Crippen LogP contribution in [-0.2, 0) is 11.3 Å². The Balaban J connectivity index is 1.58. The first-order valence-electron chi connectivity index (χ1n) is 7.86. The van der Waals surface area contributed by atoms with Gasteiger partial charge in [-0.25, -0.2) is 0 Å². The number of benzene rings is 1. The Morgan fingerprint density at radius 1 is 1.20 bits per heavy atom. The van der Waals surface area contributed by atoms with Crippen LogP contribution in [0.25, 0.3) is 0 Å². The topological polar surface area (TPSA) is 24.5 Å². The van der Waals surface area contributed by atoms with Crippen molar-refractivity contribution in [3.8, 4) is 0 Å². The van der Waals surface area contributed by atoms with E-state index in [-0.39, 0.29) is 0 Å². The third kappa shape index (κ3) is 3.22. The molecule has 0 aliphatic carbocycles. The molecule has 2 heterocycles. The number of nitrogens with zero attached hydrogens (tertiary/aromatic N) is 1. The first kappa shape index (κ1) is 14.1. The largest absolute Gasteiger partial charge is 0.372 e. The van der Waals surface area contributed by atoms with Gasteiger partial charge >= 0.3 is 0 Å². The molecule has 2 bridgehead atoms. The van der Waals surface area contributed by atoms with Gasteiger partial charge < -0.3 is 10.1 Å². The fraction of sp³-hybridized carbons (Fsp3) is 0.647. The molecular weight excluding hydrogens is 248 g/mol. The second kappa shape index (κ2) is 6.25. The average Bonchev–Trinajstić information content (AvgIpc) is 2.79. The van der Waals surface area contributed by atoms with E-state index in [0.29, 0.717) is 18.1 Å². The summed E-state index contributed by atoms with van der Waals surface area (Å²) in [4.78, 5) is 2.55. The van der Waals surface area contributed by atoms with E-state index in [4.69, 9.17) is 4.74 Å². The highest BCUT2D eigenvalue weighted by Gasteiger charge is 2.33. The molecule has 3 heteroatoms. The molecule has 1 aromatic carbocycles. The van der Waals surface area contributed by atoms with Gasteiger partial charge in [0.1, 0.15) is 0 Å². The van der Waals surface area contributed by atoms with Crippen molar-refractivity contribution in [3.63, 3.8) is 0 Å². The molecule has 3 atom stereocenters. The first-order chi connectivity index (χ1) is 9.74. The summed E-state index contributed by atoms with van der Waals surface area (Å²) in [6.07, 6.45) is 3.48. The number of likely N-dealkylation sites (N-methyl/N-ethyl adjacent to an activating group) is 1. The summed E-state index contributed by atoms with van der Waals surface area (Å²) in [5, 5.41) is 3.24. The van der Waals surface area contributed by atoms with Crippen LogP contribution < -0.4 is 5.32 Å². The maximum absolute atomic E-state index is 5.89. The Morgan fingerprint density at radius 3 is 2.45 bits per heavy atom. The van der Waals surface area contributed by atoms with Crippen LogP contribution in [0.2, 0.25) is 0 Å². The van der Waals surface area contributed by atoms with E-state index in [9.17, 15) is 0 Å². The molecule has 0 spiro atoms. The third-order valence-electron chi connectivity index (χ3n) is 4.58. The Bertz CT molecular complexity index is 419. The van der Waals surface area contributed by atoms with Crippen molar-refractivity contribution >= 4 is 0 Å². The second-order valence-corrected chi connectivity index (χ2v) is 6.35. The monoisotopic (exact) mass is 274 g/mol. The normalized spacial score (nSPS) is 27.7. The number of likely N-dealkylation sites (tertiary alicyclic amines) is 1. The van der Waals surface area contributed by atoms with Crippen molar-refractivity contribution in [2.45, 2.75) is 44.4 Å². The Morgan fingerprint density at radius 2 is 1.85 bits per heavy atom. The number of ether oxygens (including phenoxy) is 1. The lowest BCUT2D eigenvalue weighted by molar-refractivity contribution is -0.0410. The lowest BCUT2D eigenvalue weighted by Gasteiger charge is -2.32. The van der Waals surface area contributed by atoms with Crippen molar-refractivity contribution in [2.75, 3.05) is 26.7 Å². The van der Waals surface area contributed by atoms with Crippen LogP contribution in [-0.4, -0.2) is 43.8 Å². The molecule has 0 radical (unpaired) electrons. The predicted molar refractivity (Wildman–Crippen MR) is 82.0 cm³/mol. The third-order valence-corrected chi connectivity index (χ3v) is 4.58. The molecule has 1 N–H and O–H groups in total. The zero-order valence-electron chi connectivity index (χ0n) is 12.6. The van der Waals surface area contributed by atoms with E-state index in [1.807, 2.05) is 7.05 Å². The van der Waals surface area contributed by atoms with Gasteiger partial charge in [0.05, 0.1) is 12.2 Å². The molecule has 0 aromatic heterocycles. The summed E-state index contributed by atoms with van der Waals surface area (Å²) in [6.45, 7) is 6.58. The van der Waals surface area contributed by atoms with Gasteiger partial charge in [-0.05, 0) is 36.9 Å². The average molecular weight is 274 g/mol. The van der Waals surface area contributed by atoms with Crippen LogP contribution >= 0.6 is 0 Å². The number of fused-ring (bicyclic) bond motifs is 2. The fourth-order valence-corrected chi connectivity index (χ4v) is 3.46. The Labute approximate surface area is 122 Å². The molecule has 3 rings (SSSR count). The summed E-state index contributed by atoms with van der Waals surface area (Å²) >= 11 is 0. The highest BCUT2D eigenvalue weighted by atomic mass is 16.5. The van der Waals surface area contributed by atoms with Gasteiger partial charge in [-0.15, -0.1) is 0 Å². The van der Waals surface area contributed by atoms with Crippen molar-refractivity contribution in [1.29, 1.82) is 0 Å². The van der Waals surface area contributed by atoms with Gasteiger partial charge in [0.25, 0.3) is 0 Å². The second-order valence-electron chi connectivity index (χ2n) is 6.35. The van der Waals surface area contributed by atoms with Crippen LogP contribution in [0.5, 0.6) is 0 Å². The van der Waals surface area contributed by atoms with E-state index in [0.717, 1.165) is 26.2 Å². The van der Waals surface area contributed by atoms with Crippen LogP contribution in [0, 0.1) is 0 Å². The van der Waals surface area contributed by atoms with E-state index in [1.54, 1.807) is 0 Å². The number of rotatable bonds is 5. The van der Waals surface area contributed by atoms with Crippen molar-refractivity contribution in [1.82, 2.24) is 10.2 Å². The quantitative estimate of drug-likeness (QED) is 0.892. The smallest absolute Gasteiger partial charge is 0.0707 e. The molecule has 0 saturated carbocycles. The van der Waals surface area contributed by atoms with Gasteiger partial charge in [0, 0.05) is 26.2 Å². The van der Waals surface area contributed by atoms with Crippen molar-refractivity contribution < 1.29 is 4.74 Å². The molecule has 0 amide bonds. The number of morpholine rings is 1. The summed E-state index contributed by atoms with van der Waals surface area (Å²) in [6, 6.07) is 9.15. The maximum atomic E-state index is 5.89. The molecule has 3 nitrogen and oxygen atoms in total. The van der Waals surface area contributed by atoms with Crippen molar-refractivity contribution in [2.24, 2.45) is 0 Å². The lowest BCUT2D eigenvalue weighted by Crippen LogP contribution is -2.41. The molecular formula is C17H26N2O. The van der Waals surface area contributed by atoms with E-state index >= 15 is 0 Å². The van der Waals surface area contributed by atoms with Crippen LogP contribution in [0.1, 0.15) is 36.8 Å². The molecule has 2 aliphatic heterocycles. The Hall–Kier alpha value is -0.900. The highest BCUT2D eigenvalue weighted by Crippen LogP contribution is 2.27. The molecule has 2 aliphatic rings. The zero-order valence-corrected chi connectivity index (χ0v) is 12.6. The van der Waals surface area contributed by atoms with E-state index in [2.05, 4.69) is 41.4 Å². The summed E-state index contributed by atoms with van der Waals surface area (Å²) in [7, 11) is 2.01. The minimum atomic E-state index is 0.490. The lowest BCUT2D eigenvalue weighted by atomic mass is 9.99. The molecule has 110 valence electrons. The number of hydrogen-bond acceptors (Lipinski definition) is 3. The maximum Gasteiger partial charge on any atom is 0.0707 e. The zero-order chi connectivity index (χ0) is 13.9. The molecule has 2 saturated heterocycles. The first-order valence-corrected chi connectivity index (χ1v) is 7.86. The SMILES string of the molecule is CNCC(C)c1ccc(CN2CC3CCC(C2)O3)cc1. The Kier molecular flexibility index (Phi) is 4.39. The van der Waals surface area contributed by atoms with Gasteiger partial charge in [0.2, 0.25) is 0 Å². The summed E-state index contributed by atoms with van der Waals surface area (Å²) < 4.78 is 5.89. The van der Waals surface area contributed by atoms with Gasteiger partial charge in [0.15, 0.2) is 0 Å². The molecule has 3 unspecified atom stereocenters. The van der Waals surface area contributed by atoms with Gasteiger partial charge in [-0.3, -0.25) is 4.90 Å². The molecule has 2 fully saturated rings. The molecule has 1 aromatic rings. The van der Waals surface area contributed by atoms with Crippen LogP contribution in [0.4, 0.5) is 0 Å². The fourth-order valence-electron chi connectivity index (χ4n) is 3.46. The number of nitrogens with one attached hydrogen (secondary N) is 1. The van der Waals surface area contributed by atoms with Crippen molar-refractivity contribution in [3.05, 3.63) is 35.4 Å². The van der Waals surface area contributed by atoms with E-state index < -0.39 is 0 Å². The number of hydrogen-bond donors (Lipinski definition) is 1. The highest BCUT2D eigenvalue weighted by molar-refractivity contribution is 5.25. The summed E-state index contributed by atoms with van der Waals surface area (Å²) in [5.41, 5.74) is 2.84. The van der Waals surface area contributed by atoms with Gasteiger partial charge in [-0.2, -0.15) is 0 Å². The predicted octanol–water partition coefficient (Wildman–Crippen LogP) is 2.37. The van der Waals surface area contributed by atoms with Crippen LogP contribution in [0.3, 0.4) is 0 Å². The summed E-state index contributed by atoms with van der Waals surface area (Å²) in [5.74, 6) is 0.577.